The van der Waals surface area contributed by atoms with E-state index in [0.29, 0.717) is 33.2 Å². The van der Waals surface area contributed by atoms with Gasteiger partial charge >= 0.3 is 0 Å². The van der Waals surface area contributed by atoms with Crippen molar-refractivity contribution in [3.8, 4) is 11.4 Å². The number of nitrogens with zero attached hydrogens (tertiary/aromatic N) is 2. The third-order valence-electron chi connectivity index (χ3n) is 4.50. The second kappa shape index (κ2) is 8.39. The number of hydrogen-bond donors (Lipinski definition) is 0. The first kappa shape index (κ1) is 19.7. The summed E-state index contributed by atoms with van der Waals surface area (Å²) >= 11 is 8.47. The summed E-state index contributed by atoms with van der Waals surface area (Å²) < 4.78 is 8.04. The zero-order valence-electron chi connectivity index (χ0n) is 15.5. The minimum absolute atomic E-state index is 0.156. The van der Waals surface area contributed by atoms with Gasteiger partial charge < -0.3 is 4.74 Å². The molecule has 3 aromatic carbocycles. The van der Waals surface area contributed by atoms with Crippen molar-refractivity contribution in [2.24, 2.45) is 0 Å². The molecule has 0 spiro atoms. The number of halogens is 2. The fraction of sp³-hybridized carbons (Fsp3) is 0.0435. The number of ether oxygens (including phenoxy) is 1. The maximum absolute atomic E-state index is 13.5. The van der Waals surface area contributed by atoms with Crippen LogP contribution in [0.25, 0.3) is 28.7 Å². The molecule has 0 saturated carbocycles. The fourth-order valence-electron chi connectivity index (χ4n) is 3.11. The van der Waals surface area contributed by atoms with Crippen molar-refractivity contribution in [1.82, 2.24) is 9.55 Å². The lowest BCUT2D eigenvalue weighted by molar-refractivity contribution is 0.412. The average molecular weight is 515 g/mol. The van der Waals surface area contributed by atoms with E-state index in [1.54, 1.807) is 17.8 Å². The second-order valence-corrected chi connectivity index (χ2v) is 7.95. The summed E-state index contributed by atoms with van der Waals surface area (Å²) in [6.07, 6.45) is 3.65. The van der Waals surface area contributed by atoms with Crippen molar-refractivity contribution < 1.29 is 4.74 Å². The number of aromatic nitrogens is 2. The highest BCUT2D eigenvalue weighted by Gasteiger charge is 2.14. The molecular formula is C23H16ClIN2O2. The molecule has 0 aliphatic heterocycles. The maximum atomic E-state index is 13.5. The van der Waals surface area contributed by atoms with Crippen molar-refractivity contribution in [3.63, 3.8) is 0 Å². The predicted octanol–water partition coefficient (Wildman–Crippen LogP) is 5.82. The SMILES string of the molecule is COc1ccccc1-n1c(/C=C/c2ccccc2Cl)nc2ccc(I)cc2c1=O. The minimum atomic E-state index is -0.156. The Morgan fingerprint density at radius 1 is 1.03 bits per heavy atom. The molecule has 0 atom stereocenters. The van der Waals surface area contributed by atoms with Crippen LogP contribution in [-0.2, 0) is 0 Å². The van der Waals surface area contributed by atoms with Gasteiger partial charge in [-0.1, -0.05) is 41.9 Å². The maximum Gasteiger partial charge on any atom is 0.266 e. The quantitative estimate of drug-likeness (QED) is 0.322. The van der Waals surface area contributed by atoms with E-state index in [2.05, 4.69) is 22.6 Å². The molecule has 0 N–H and O–H groups in total. The zero-order chi connectivity index (χ0) is 20.4. The van der Waals surface area contributed by atoms with Gasteiger partial charge in [-0.2, -0.15) is 0 Å². The van der Waals surface area contributed by atoms with Crippen molar-refractivity contribution in [1.29, 1.82) is 0 Å². The number of fused-ring (bicyclic) bond motifs is 1. The van der Waals surface area contributed by atoms with Gasteiger partial charge in [0, 0.05) is 8.59 Å². The largest absolute Gasteiger partial charge is 0.495 e. The van der Waals surface area contributed by atoms with Crippen LogP contribution in [0, 0.1) is 3.57 Å². The minimum Gasteiger partial charge on any atom is -0.495 e. The predicted molar refractivity (Wildman–Crippen MR) is 127 cm³/mol. The molecule has 0 radical (unpaired) electrons. The first-order valence-corrected chi connectivity index (χ1v) is 10.3. The Hall–Kier alpha value is -2.64. The first-order chi connectivity index (χ1) is 14.1. The van der Waals surface area contributed by atoms with E-state index in [9.17, 15) is 4.79 Å². The Labute approximate surface area is 186 Å². The van der Waals surface area contributed by atoms with E-state index in [0.717, 1.165) is 9.13 Å². The van der Waals surface area contributed by atoms with Crippen LogP contribution < -0.4 is 10.3 Å². The molecule has 4 aromatic rings. The summed E-state index contributed by atoms with van der Waals surface area (Å²) in [6.45, 7) is 0. The van der Waals surface area contributed by atoms with Gasteiger partial charge in [-0.3, -0.25) is 9.36 Å². The average Bonchev–Trinajstić information content (AvgIpc) is 2.74. The van der Waals surface area contributed by atoms with Crippen molar-refractivity contribution >= 4 is 57.2 Å². The lowest BCUT2D eigenvalue weighted by atomic mass is 10.2. The number of benzene rings is 3. The monoisotopic (exact) mass is 514 g/mol. The van der Waals surface area contributed by atoms with Crippen molar-refractivity contribution in [2.45, 2.75) is 0 Å². The lowest BCUT2D eigenvalue weighted by Gasteiger charge is -2.14. The van der Waals surface area contributed by atoms with Crippen LogP contribution in [0.1, 0.15) is 11.4 Å². The van der Waals surface area contributed by atoms with Crippen LogP contribution in [0.15, 0.2) is 71.5 Å². The molecule has 6 heteroatoms. The van der Waals surface area contributed by atoms with Gasteiger partial charge in [-0.25, -0.2) is 4.98 Å². The molecule has 4 rings (SSSR count). The summed E-state index contributed by atoms with van der Waals surface area (Å²) in [4.78, 5) is 18.2. The smallest absolute Gasteiger partial charge is 0.266 e. The van der Waals surface area contributed by atoms with Gasteiger partial charge in [0.2, 0.25) is 0 Å². The van der Waals surface area contributed by atoms with E-state index >= 15 is 0 Å². The molecular weight excluding hydrogens is 499 g/mol. The molecule has 29 heavy (non-hydrogen) atoms. The highest BCUT2D eigenvalue weighted by molar-refractivity contribution is 14.1. The Bertz CT molecular complexity index is 1300. The number of para-hydroxylation sites is 2. The van der Waals surface area contributed by atoms with Gasteiger partial charge in [0.25, 0.3) is 5.56 Å². The van der Waals surface area contributed by atoms with E-state index in [1.807, 2.05) is 72.8 Å². The number of methoxy groups -OCH3 is 1. The molecule has 0 aliphatic carbocycles. The van der Waals surface area contributed by atoms with Crippen LogP contribution in [0.4, 0.5) is 0 Å². The Kier molecular flexibility index (Phi) is 5.69. The summed E-state index contributed by atoms with van der Waals surface area (Å²) in [5, 5.41) is 1.18. The number of rotatable bonds is 4. The van der Waals surface area contributed by atoms with Gasteiger partial charge in [-0.05, 0) is 76.7 Å². The Morgan fingerprint density at radius 2 is 1.79 bits per heavy atom. The molecule has 0 saturated heterocycles. The second-order valence-electron chi connectivity index (χ2n) is 6.30. The Morgan fingerprint density at radius 3 is 2.59 bits per heavy atom. The highest BCUT2D eigenvalue weighted by atomic mass is 127. The summed E-state index contributed by atoms with van der Waals surface area (Å²) in [6, 6.07) is 20.6. The summed E-state index contributed by atoms with van der Waals surface area (Å²) in [5.74, 6) is 1.09. The van der Waals surface area contributed by atoms with E-state index in [-0.39, 0.29) is 5.56 Å². The normalized spacial score (nSPS) is 11.3. The molecule has 0 amide bonds. The highest BCUT2D eigenvalue weighted by Crippen LogP contribution is 2.25. The molecule has 144 valence electrons. The summed E-state index contributed by atoms with van der Waals surface area (Å²) in [5.41, 5.74) is 1.96. The van der Waals surface area contributed by atoms with Crippen LogP contribution in [-0.4, -0.2) is 16.7 Å². The first-order valence-electron chi connectivity index (χ1n) is 8.87. The lowest BCUT2D eigenvalue weighted by Crippen LogP contribution is -2.23. The van der Waals surface area contributed by atoms with Gasteiger partial charge in [0.15, 0.2) is 0 Å². The zero-order valence-corrected chi connectivity index (χ0v) is 18.4. The summed E-state index contributed by atoms with van der Waals surface area (Å²) in [7, 11) is 1.58. The van der Waals surface area contributed by atoms with Crippen LogP contribution >= 0.6 is 34.2 Å². The van der Waals surface area contributed by atoms with E-state index < -0.39 is 0 Å². The molecule has 0 fully saturated rings. The van der Waals surface area contributed by atoms with Crippen LogP contribution in [0.2, 0.25) is 5.02 Å². The van der Waals surface area contributed by atoms with E-state index in [1.165, 1.54) is 0 Å². The molecule has 4 nitrogen and oxygen atoms in total. The van der Waals surface area contributed by atoms with Gasteiger partial charge in [0.05, 0.1) is 23.7 Å². The van der Waals surface area contributed by atoms with Crippen molar-refractivity contribution in [3.05, 3.63) is 97.1 Å². The molecule has 0 unspecified atom stereocenters. The fourth-order valence-corrected chi connectivity index (χ4v) is 3.80. The molecule has 0 aliphatic rings. The van der Waals surface area contributed by atoms with Gasteiger partial charge in [0.1, 0.15) is 11.6 Å². The molecule has 0 bridgehead atoms. The third kappa shape index (κ3) is 3.93. The van der Waals surface area contributed by atoms with Crippen molar-refractivity contribution in [2.75, 3.05) is 7.11 Å². The standard InChI is InChI=1S/C23H16ClIN2O2/c1-29-21-9-5-4-8-20(21)27-22(13-10-15-6-2-3-7-18(15)24)26-19-12-11-16(25)14-17(19)23(27)28/h2-14H,1H3/b13-10+. The molecule has 1 heterocycles. The van der Waals surface area contributed by atoms with Gasteiger partial charge in [-0.15, -0.1) is 0 Å². The third-order valence-corrected chi connectivity index (χ3v) is 5.51. The van der Waals surface area contributed by atoms with Crippen LogP contribution in [0.5, 0.6) is 5.75 Å². The Balaban J connectivity index is 2.01. The topological polar surface area (TPSA) is 44.1 Å². The van der Waals surface area contributed by atoms with E-state index in [4.69, 9.17) is 21.3 Å². The number of hydrogen-bond acceptors (Lipinski definition) is 3. The molecule has 1 aromatic heterocycles. The van der Waals surface area contributed by atoms with Crippen LogP contribution in [0.3, 0.4) is 0 Å².